The lowest BCUT2D eigenvalue weighted by atomic mass is 10.1. The van der Waals surface area contributed by atoms with Crippen LogP contribution in [0.1, 0.15) is 17.3 Å². The van der Waals surface area contributed by atoms with Crippen molar-refractivity contribution < 1.29 is 9.90 Å². The summed E-state index contributed by atoms with van der Waals surface area (Å²) in [6, 6.07) is 12.7. The number of pyridine rings is 1. The number of amides is 1. The number of benzene rings is 1. The molecule has 110 valence electrons. The molecule has 2 N–H and O–H groups in total. The maximum atomic E-state index is 12.2. The van der Waals surface area contributed by atoms with Crippen molar-refractivity contribution in [3.8, 4) is 11.3 Å². The van der Waals surface area contributed by atoms with E-state index in [0.717, 1.165) is 5.56 Å². The predicted molar refractivity (Wildman–Crippen MR) is 81.2 cm³/mol. The fraction of sp³-hybridized carbons (Fsp3) is 0.250. The van der Waals surface area contributed by atoms with Gasteiger partial charge in [-0.3, -0.25) is 9.59 Å². The Morgan fingerprint density at radius 2 is 1.90 bits per heavy atom. The molecule has 2 aromatic rings. The maximum Gasteiger partial charge on any atom is 0.261 e. The number of aliphatic hydroxyl groups is 1. The van der Waals surface area contributed by atoms with Gasteiger partial charge in [0, 0.05) is 18.8 Å². The Morgan fingerprint density at radius 3 is 2.48 bits per heavy atom. The minimum absolute atomic E-state index is 0.0879. The molecule has 2 rings (SSSR count). The van der Waals surface area contributed by atoms with Crippen molar-refractivity contribution in [1.82, 2.24) is 9.88 Å². The fourth-order valence-electron chi connectivity index (χ4n) is 2.12. The molecular weight excluding hydrogens is 268 g/mol. The van der Waals surface area contributed by atoms with Crippen molar-refractivity contribution in [2.24, 2.45) is 0 Å². The van der Waals surface area contributed by atoms with Crippen molar-refractivity contribution >= 4 is 5.91 Å². The number of rotatable bonds is 5. The van der Waals surface area contributed by atoms with Gasteiger partial charge in [-0.2, -0.15) is 0 Å². The molecule has 1 aromatic heterocycles. The van der Waals surface area contributed by atoms with Gasteiger partial charge in [-0.15, -0.1) is 0 Å². The zero-order chi connectivity index (χ0) is 15.2. The van der Waals surface area contributed by atoms with Gasteiger partial charge in [0.15, 0.2) is 0 Å². The van der Waals surface area contributed by atoms with Crippen LogP contribution in [0.4, 0.5) is 0 Å². The van der Waals surface area contributed by atoms with Crippen LogP contribution in [0.5, 0.6) is 0 Å². The minimum Gasteiger partial charge on any atom is -0.395 e. The summed E-state index contributed by atoms with van der Waals surface area (Å²) >= 11 is 0. The molecule has 21 heavy (non-hydrogen) atoms. The molecule has 0 bridgehead atoms. The average molecular weight is 286 g/mol. The molecule has 0 saturated heterocycles. The van der Waals surface area contributed by atoms with Crippen LogP contribution in [0, 0.1) is 0 Å². The Kier molecular flexibility index (Phi) is 4.90. The van der Waals surface area contributed by atoms with E-state index in [9.17, 15) is 9.59 Å². The van der Waals surface area contributed by atoms with Crippen molar-refractivity contribution in [2.75, 3.05) is 19.7 Å². The molecule has 0 aliphatic carbocycles. The second-order valence-corrected chi connectivity index (χ2v) is 4.59. The molecule has 0 spiro atoms. The van der Waals surface area contributed by atoms with Crippen LogP contribution in [0.3, 0.4) is 0 Å². The first-order chi connectivity index (χ1) is 10.2. The van der Waals surface area contributed by atoms with Crippen molar-refractivity contribution in [1.29, 1.82) is 0 Å². The third kappa shape index (κ3) is 3.38. The van der Waals surface area contributed by atoms with Crippen LogP contribution in [-0.2, 0) is 0 Å². The SMILES string of the molecule is CCN(CCO)C(=O)c1ccc(-c2ccccc2)[nH]c1=O. The van der Waals surface area contributed by atoms with Crippen LogP contribution in [0.25, 0.3) is 11.3 Å². The minimum atomic E-state index is -0.419. The highest BCUT2D eigenvalue weighted by molar-refractivity contribution is 5.94. The van der Waals surface area contributed by atoms with E-state index >= 15 is 0 Å². The number of hydrogen-bond acceptors (Lipinski definition) is 3. The standard InChI is InChI=1S/C16H18N2O3/c1-2-18(10-11-19)16(21)13-8-9-14(17-15(13)20)12-6-4-3-5-7-12/h3-9,19H,2,10-11H2,1H3,(H,17,20). The van der Waals surface area contributed by atoms with E-state index in [4.69, 9.17) is 5.11 Å². The lowest BCUT2D eigenvalue weighted by Gasteiger charge is -2.19. The van der Waals surface area contributed by atoms with Gasteiger partial charge in [-0.1, -0.05) is 30.3 Å². The van der Waals surface area contributed by atoms with Crippen LogP contribution < -0.4 is 5.56 Å². The normalized spacial score (nSPS) is 10.4. The summed E-state index contributed by atoms with van der Waals surface area (Å²) in [5.41, 5.74) is 1.22. The van der Waals surface area contributed by atoms with E-state index in [1.165, 1.54) is 11.0 Å². The number of carbonyl (C=O) groups is 1. The quantitative estimate of drug-likeness (QED) is 0.874. The van der Waals surface area contributed by atoms with Gasteiger partial charge in [0.25, 0.3) is 11.5 Å². The van der Waals surface area contributed by atoms with Gasteiger partial charge in [0.1, 0.15) is 5.56 Å². The number of carbonyl (C=O) groups excluding carboxylic acids is 1. The Hall–Kier alpha value is -2.40. The van der Waals surface area contributed by atoms with E-state index in [0.29, 0.717) is 12.2 Å². The second kappa shape index (κ2) is 6.85. The summed E-state index contributed by atoms with van der Waals surface area (Å²) in [7, 11) is 0. The van der Waals surface area contributed by atoms with Gasteiger partial charge in [0.05, 0.1) is 6.61 Å². The monoisotopic (exact) mass is 286 g/mol. The summed E-state index contributed by atoms with van der Waals surface area (Å²) in [4.78, 5) is 28.5. The summed E-state index contributed by atoms with van der Waals surface area (Å²) in [5.74, 6) is -0.368. The Bertz CT molecular complexity index is 665. The fourth-order valence-corrected chi connectivity index (χ4v) is 2.12. The molecule has 5 nitrogen and oxygen atoms in total. The predicted octanol–water partition coefficient (Wildman–Crippen LogP) is 1.50. The van der Waals surface area contributed by atoms with Gasteiger partial charge in [0.2, 0.25) is 0 Å². The van der Waals surface area contributed by atoms with Crippen molar-refractivity contribution in [3.05, 3.63) is 58.4 Å². The number of aliphatic hydroxyl groups excluding tert-OH is 1. The van der Waals surface area contributed by atoms with E-state index in [-0.39, 0.29) is 24.6 Å². The molecule has 5 heteroatoms. The second-order valence-electron chi connectivity index (χ2n) is 4.59. The molecule has 0 fully saturated rings. The topological polar surface area (TPSA) is 73.4 Å². The number of nitrogens with zero attached hydrogens (tertiary/aromatic N) is 1. The summed E-state index contributed by atoms with van der Waals surface area (Å²) in [5, 5.41) is 8.95. The highest BCUT2D eigenvalue weighted by Crippen LogP contribution is 2.15. The van der Waals surface area contributed by atoms with Crippen LogP contribution >= 0.6 is 0 Å². The molecule has 1 amide bonds. The molecule has 1 aromatic carbocycles. The number of H-pyrrole nitrogens is 1. The molecule has 0 atom stereocenters. The van der Waals surface area contributed by atoms with E-state index < -0.39 is 5.56 Å². The first-order valence-corrected chi connectivity index (χ1v) is 6.86. The number of aromatic nitrogens is 1. The highest BCUT2D eigenvalue weighted by atomic mass is 16.3. The molecular formula is C16H18N2O3. The van der Waals surface area contributed by atoms with Gasteiger partial charge in [-0.05, 0) is 24.6 Å². The zero-order valence-corrected chi connectivity index (χ0v) is 11.9. The van der Waals surface area contributed by atoms with Gasteiger partial charge >= 0.3 is 0 Å². The first-order valence-electron chi connectivity index (χ1n) is 6.86. The van der Waals surface area contributed by atoms with Crippen LogP contribution in [0.15, 0.2) is 47.3 Å². The Labute approximate surface area is 122 Å². The van der Waals surface area contributed by atoms with Crippen LogP contribution in [0.2, 0.25) is 0 Å². The summed E-state index contributed by atoms with van der Waals surface area (Å²) in [6.07, 6.45) is 0. The molecule has 0 radical (unpaired) electrons. The molecule has 0 aliphatic heterocycles. The Balaban J connectivity index is 2.32. The zero-order valence-electron chi connectivity index (χ0n) is 11.9. The van der Waals surface area contributed by atoms with Crippen molar-refractivity contribution in [2.45, 2.75) is 6.92 Å². The highest BCUT2D eigenvalue weighted by Gasteiger charge is 2.17. The molecule has 0 unspecified atom stereocenters. The lowest BCUT2D eigenvalue weighted by molar-refractivity contribution is 0.0730. The molecule has 0 aliphatic rings. The first kappa shape index (κ1) is 15.0. The third-order valence-corrected chi connectivity index (χ3v) is 3.26. The maximum absolute atomic E-state index is 12.2. The van der Waals surface area contributed by atoms with E-state index in [1.54, 1.807) is 13.0 Å². The number of aromatic amines is 1. The largest absolute Gasteiger partial charge is 0.395 e. The van der Waals surface area contributed by atoms with E-state index in [2.05, 4.69) is 4.98 Å². The van der Waals surface area contributed by atoms with Gasteiger partial charge < -0.3 is 15.0 Å². The lowest BCUT2D eigenvalue weighted by Crippen LogP contribution is -2.36. The number of hydrogen-bond donors (Lipinski definition) is 2. The number of nitrogens with one attached hydrogen (secondary N) is 1. The van der Waals surface area contributed by atoms with Crippen LogP contribution in [-0.4, -0.2) is 40.6 Å². The molecule has 1 heterocycles. The number of likely N-dealkylation sites (N-methyl/N-ethyl adjacent to an activating group) is 1. The van der Waals surface area contributed by atoms with Crippen molar-refractivity contribution in [3.63, 3.8) is 0 Å². The van der Waals surface area contributed by atoms with E-state index in [1.807, 2.05) is 30.3 Å². The smallest absolute Gasteiger partial charge is 0.261 e. The summed E-state index contributed by atoms with van der Waals surface area (Å²) in [6.45, 7) is 2.34. The summed E-state index contributed by atoms with van der Waals surface area (Å²) < 4.78 is 0. The molecule has 0 saturated carbocycles. The average Bonchev–Trinajstić information content (AvgIpc) is 2.52. The third-order valence-electron chi connectivity index (χ3n) is 3.26. The van der Waals surface area contributed by atoms with Gasteiger partial charge in [-0.25, -0.2) is 0 Å². The Morgan fingerprint density at radius 1 is 1.19 bits per heavy atom.